The number of para-hydroxylation sites is 1. The van der Waals surface area contributed by atoms with Crippen LogP contribution in [0.2, 0.25) is 5.02 Å². The van der Waals surface area contributed by atoms with Gasteiger partial charge in [-0.25, -0.2) is 0 Å². The highest BCUT2D eigenvalue weighted by Crippen LogP contribution is 2.19. The van der Waals surface area contributed by atoms with Gasteiger partial charge in [0.1, 0.15) is 6.54 Å². The largest absolute Gasteiger partial charge is 0.361 e. The number of amides is 2. The first kappa shape index (κ1) is 24.6. The average Bonchev–Trinajstić information content (AvgIpc) is 3.28. The Morgan fingerprint density at radius 1 is 0.943 bits per heavy atom. The van der Waals surface area contributed by atoms with Crippen LogP contribution in [0.15, 0.2) is 85.1 Å². The van der Waals surface area contributed by atoms with Crippen LogP contribution in [0, 0.1) is 0 Å². The van der Waals surface area contributed by atoms with E-state index in [9.17, 15) is 9.59 Å². The Kier molecular flexibility index (Phi) is 7.88. The molecule has 1 aromatic heterocycles. The lowest BCUT2D eigenvalue weighted by Gasteiger charge is -2.30. The highest BCUT2D eigenvalue weighted by molar-refractivity contribution is 6.31. The molecule has 6 heteroatoms. The zero-order chi connectivity index (χ0) is 24.8. The summed E-state index contributed by atoms with van der Waals surface area (Å²) in [6.45, 7) is 4.88. The highest BCUT2D eigenvalue weighted by Gasteiger charge is 2.25. The van der Waals surface area contributed by atoms with Crippen molar-refractivity contribution in [1.82, 2.24) is 14.8 Å². The van der Waals surface area contributed by atoms with Gasteiger partial charge < -0.3 is 14.8 Å². The van der Waals surface area contributed by atoms with E-state index in [4.69, 9.17) is 11.6 Å². The van der Waals surface area contributed by atoms with Crippen molar-refractivity contribution < 1.29 is 9.59 Å². The van der Waals surface area contributed by atoms with E-state index >= 15 is 0 Å². The quantitative estimate of drug-likeness (QED) is 0.317. The van der Waals surface area contributed by atoms with E-state index in [1.165, 1.54) is 10.9 Å². The fourth-order valence-electron chi connectivity index (χ4n) is 4.21. The molecule has 5 nitrogen and oxygen atoms in total. The Morgan fingerprint density at radius 3 is 2.43 bits per heavy atom. The molecule has 0 atom stereocenters. The van der Waals surface area contributed by atoms with Gasteiger partial charge in [0.25, 0.3) is 5.91 Å². The fourth-order valence-corrected chi connectivity index (χ4v) is 4.40. The van der Waals surface area contributed by atoms with Gasteiger partial charge in [-0.3, -0.25) is 9.59 Å². The lowest BCUT2D eigenvalue weighted by molar-refractivity contribution is -0.132. The molecule has 0 saturated heterocycles. The molecule has 1 N–H and O–H groups in total. The first-order valence-electron chi connectivity index (χ1n) is 11.9. The number of aromatic nitrogens is 1. The molecule has 2 amide bonds. The molecule has 0 bridgehead atoms. The van der Waals surface area contributed by atoms with E-state index in [1.54, 1.807) is 29.2 Å². The highest BCUT2D eigenvalue weighted by atomic mass is 35.5. The van der Waals surface area contributed by atoms with E-state index in [-0.39, 0.29) is 24.4 Å². The molecule has 0 aliphatic rings. The number of hydrogen-bond acceptors (Lipinski definition) is 2. The third-order valence-corrected chi connectivity index (χ3v) is 6.39. The fraction of sp³-hybridized carbons (Fsp3) is 0.241. The topological polar surface area (TPSA) is 56.4 Å². The van der Waals surface area contributed by atoms with Crippen LogP contribution in [0.25, 0.3) is 10.9 Å². The summed E-state index contributed by atoms with van der Waals surface area (Å²) in [4.78, 5) is 33.6. The van der Waals surface area contributed by atoms with Crippen LogP contribution < -0.4 is 0 Å². The van der Waals surface area contributed by atoms with Gasteiger partial charge in [-0.1, -0.05) is 66.2 Å². The molecule has 0 saturated carbocycles. The summed E-state index contributed by atoms with van der Waals surface area (Å²) in [5, 5.41) is 1.66. The number of nitrogens with zero attached hydrogens (tertiary/aromatic N) is 2. The Bertz CT molecular complexity index is 1300. The van der Waals surface area contributed by atoms with Gasteiger partial charge in [0.15, 0.2) is 0 Å². The molecule has 0 aliphatic heterocycles. The summed E-state index contributed by atoms with van der Waals surface area (Å²) in [6, 6.07) is 24.8. The van der Waals surface area contributed by atoms with Crippen molar-refractivity contribution in [3.05, 3.63) is 107 Å². The SMILES string of the molecule is CC(C)N(CC(=O)N(CCc1c[nH]c2ccccc12)Cc1ccccc1)C(=O)c1cccc(Cl)c1. The van der Waals surface area contributed by atoms with Crippen LogP contribution in [0.5, 0.6) is 0 Å². The van der Waals surface area contributed by atoms with E-state index < -0.39 is 0 Å². The average molecular weight is 488 g/mol. The molecule has 0 fully saturated rings. The summed E-state index contributed by atoms with van der Waals surface area (Å²) >= 11 is 6.10. The third-order valence-electron chi connectivity index (χ3n) is 6.16. The number of fused-ring (bicyclic) bond motifs is 1. The zero-order valence-electron chi connectivity index (χ0n) is 20.1. The van der Waals surface area contributed by atoms with Crippen LogP contribution in [-0.2, 0) is 17.8 Å². The van der Waals surface area contributed by atoms with Crippen LogP contribution in [0.1, 0.15) is 35.3 Å². The van der Waals surface area contributed by atoms with Crippen LogP contribution >= 0.6 is 11.6 Å². The molecule has 0 unspecified atom stereocenters. The number of H-pyrrole nitrogens is 1. The van der Waals surface area contributed by atoms with E-state index in [0.29, 0.717) is 30.1 Å². The second-order valence-corrected chi connectivity index (χ2v) is 9.38. The van der Waals surface area contributed by atoms with Gasteiger partial charge in [0.05, 0.1) is 0 Å². The Labute approximate surface area is 211 Å². The number of rotatable bonds is 9. The minimum atomic E-state index is -0.202. The van der Waals surface area contributed by atoms with Crippen LogP contribution in [-0.4, -0.2) is 45.7 Å². The first-order valence-corrected chi connectivity index (χ1v) is 12.2. The molecule has 0 radical (unpaired) electrons. The molecule has 3 aromatic carbocycles. The molecule has 4 aromatic rings. The summed E-state index contributed by atoms with van der Waals surface area (Å²) in [5.41, 5.74) is 3.79. The molecule has 0 spiro atoms. The summed E-state index contributed by atoms with van der Waals surface area (Å²) in [5.74, 6) is -0.287. The van der Waals surface area contributed by atoms with Crippen molar-refractivity contribution in [2.75, 3.05) is 13.1 Å². The van der Waals surface area contributed by atoms with Gasteiger partial charge in [-0.05, 0) is 55.7 Å². The van der Waals surface area contributed by atoms with E-state index in [1.807, 2.05) is 73.5 Å². The predicted octanol–water partition coefficient (Wildman–Crippen LogP) is 5.94. The van der Waals surface area contributed by atoms with Crippen molar-refractivity contribution in [3.8, 4) is 0 Å². The van der Waals surface area contributed by atoms with Crippen molar-refractivity contribution >= 4 is 34.3 Å². The van der Waals surface area contributed by atoms with Crippen molar-refractivity contribution in [3.63, 3.8) is 0 Å². The zero-order valence-corrected chi connectivity index (χ0v) is 20.8. The smallest absolute Gasteiger partial charge is 0.254 e. The Hall–Kier alpha value is -3.57. The second kappa shape index (κ2) is 11.2. The standard InChI is InChI=1S/C29H30ClN3O2/c1-21(2)33(29(35)23-11-8-12-25(30)17-23)20-28(34)32(19-22-9-4-3-5-10-22)16-15-24-18-31-27-14-7-6-13-26(24)27/h3-14,17-18,21,31H,15-16,19-20H2,1-2H3. The molecule has 0 aliphatic carbocycles. The summed E-state index contributed by atoms with van der Waals surface area (Å²) in [6.07, 6.45) is 2.73. The first-order chi connectivity index (χ1) is 16.9. The van der Waals surface area contributed by atoms with Crippen LogP contribution in [0.4, 0.5) is 0 Å². The van der Waals surface area contributed by atoms with Gasteiger partial charge in [0, 0.05) is 46.8 Å². The maximum Gasteiger partial charge on any atom is 0.254 e. The number of hydrogen-bond donors (Lipinski definition) is 1. The maximum absolute atomic E-state index is 13.6. The van der Waals surface area contributed by atoms with E-state index in [0.717, 1.165) is 11.1 Å². The summed E-state index contributed by atoms with van der Waals surface area (Å²) in [7, 11) is 0. The molecular formula is C29H30ClN3O2. The Morgan fingerprint density at radius 2 is 1.69 bits per heavy atom. The van der Waals surface area contributed by atoms with Crippen molar-refractivity contribution in [2.45, 2.75) is 32.9 Å². The molecule has 35 heavy (non-hydrogen) atoms. The third kappa shape index (κ3) is 6.11. The molecule has 4 rings (SSSR count). The minimum Gasteiger partial charge on any atom is -0.361 e. The van der Waals surface area contributed by atoms with Gasteiger partial charge in [-0.2, -0.15) is 0 Å². The van der Waals surface area contributed by atoms with Gasteiger partial charge in [-0.15, -0.1) is 0 Å². The maximum atomic E-state index is 13.6. The normalized spacial score (nSPS) is 11.1. The van der Waals surface area contributed by atoms with Gasteiger partial charge in [0.2, 0.25) is 5.91 Å². The lowest BCUT2D eigenvalue weighted by Crippen LogP contribution is -2.46. The molecule has 180 valence electrons. The van der Waals surface area contributed by atoms with Crippen molar-refractivity contribution in [1.29, 1.82) is 0 Å². The lowest BCUT2D eigenvalue weighted by atomic mass is 10.1. The minimum absolute atomic E-state index is 0.00370. The van der Waals surface area contributed by atoms with E-state index in [2.05, 4.69) is 11.1 Å². The summed E-state index contributed by atoms with van der Waals surface area (Å²) < 4.78 is 0. The van der Waals surface area contributed by atoms with Crippen molar-refractivity contribution in [2.24, 2.45) is 0 Å². The van der Waals surface area contributed by atoms with Gasteiger partial charge >= 0.3 is 0 Å². The number of carbonyl (C=O) groups excluding carboxylic acids is 2. The Balaban J connectivity index is 1.54. The number of benzene rings is 3. The predicted molar refractivity (Wildman–Crippen MR) is 141 cm³/mol. The number of aromatic amines is 1. The molecule has 1 heterocycles. The second-order valence-electron chi connectivity index (χ2n) is 8.95. The number of nitrogens with one attached hydrogen (secondary N) is 1. The number of carbonyl (C=O) groups is 2. The monoisotopic (exact) mass is 487 g/mol. The van der Waals surface area contributed by atoms with Crippen LogP contribution in [0.3, 0.4) is 0 Å². The number of halogens is 1. The molecular weight excluding hydrogens is 458 g/mol.